The van der Waals surface area contributed by atoms with E-state index in [9.17, 15) is 24.6 Å². The van der Waals surface area contributed by atoms with Crippen LogP contribution in [0.2, 0.25) is 0 Å². The van der Waals surface area contributed by atoms with Crippen molar-refractivity contribution in [2.45, 2.75) is 95.6 Å². The predicted molar refractivity (Wildman–Crippen MR) is 137 cm³/mol. The second kappa shape index (κ2) is 8.47. The smallest absolute Gasteiger partial charge is 0.408 e. The molecule has 1 amide bonds. The fourth-order valence-electron chi connectivity index (χ4n) is 9.36. The lowest BCUT2D eigenvalue weighted by Crippen LogP contribution is -2.70. The van der Waals surface area contributed by atoms with E-state index < -0.39 is 58.5 Å². The van der Waals surface area contributed by atoms with E-state index in [1.807, 2.05) is 13.8 Å². The van der Waals surface area contributed by atoms with Gasteiger partial charge >= 0.3 is 6.09 Å². The summed E-state index contributed by atoms with van der Waals surface area (Å²) in [5.41, 5.74) is -5.23. The van der Waals surface area contributed by atoms with Gasteiger partial charge in [-0.05, 0) is 88.2 Å². The SMILES string of the molecule is C[C@H]1CC2C3CCC4=CC(=O)C=C[C@]4(C)C3(F)[C@@H](O)C[C@]2(C)[C@]1(OC(=O)NC(C1CC1)C1CC1)C(=O)CO. The third kappa shape index (κ3) is 3.34. The Balaban J connectivity index is 1.36. The average molecular weight is 530 g/mol. The molecule has 0 spiro atoms. The average Bonchev–Trinajstić information content (AvgIpc) is 3.79. The molecule has 0 saturated heterocycles. The van der Waals surface area contributed by atoms with Crippen molar-refractivity contribution < 1.29 is 33.7 Å². The van der Waals surface area contributed by atoms with Gasteiger partial charge in [-0.15, -0.1) is 0 Å². The zero-order valence-electron chi connectivity index (χ0n) is 22.5. The number of Topliss-reactive ketones (excluding diaryl/α,β-unsaturated/α-hetero) is 1. The van der Waals surface area contributed by atoms with E-state index in [1.165, 1.54) is 12.2 Å². The number of ketones is 2. The molecule has 0 aliphatic heterocycles. The van der Waals surface area contributed by atoms with Crippen LogP contribution in [0.5, 0.6) is 0 Å². The van der Waals surface area contributed by atoms with Gasteiger partial charge in [0, 0.05) is 28.7 Å². The van der Waals surface area contributed by atoms with Crippen LogP contribution in [-0.2, 0) is 14.3 Å². The van der Waals surface area contributed by atoms with Crippen molar-refractivity contribution in [3.05, 3.63) is 23.8 Å². The molecule has 0 radical (unpaired) electrons. The van der Waals surface area contributed by atoms with Crippen molar-refractivity contribution in [2.75, 3.05) is 6.61 Å². The van der Waals surface area contributed by atoms with Crippen LogP contribution in [0.25, 0.3) is 0 Å². The molecular weight excluding hydrogens is 489 g/mol. The van der Waals surface area contributed by atoms with Gasteiger partial charge in [0.2, 0.25) is 5.78 Å². The molecule has 3 unspecified atom stereocenters. The van der Waals surface area contributed by atoms with E-state index in [2.05, 4.69) is 5.32 Å². The molecule has 8 atom stereocenters. The molecule has 5 saturated carbocycles. The summed E-state index contributed by atoms with van der Waals surface area (Å²) in [5.74, 6) is -1.33. The normalized spacial score (nSPS) is 45.7. The maximum atomic E-state index is 17.4. The lowest BCUT2D eigenvalue weighted by atomic mass is 9.44. The van der Waals surface area contributed by atoms with Crippen molar-refractivity contribution in [3.63, 3.8) is 0 Å². The molecule has 6 rings (SSSR count). The van der Waals surface area contributed by atoms with Gasteiger partial charge < -0.3 is 20.3 Å². The molecule has 3 N–H and O–H groups in total. The van der Waals surface area contributed by atoms with Gasteiger partial charge in [0.1, 0.15) is 6.61 Å². The molecular formula is C30H40FNO6. The zero-order chi connectivity index (χ0) is 27.3. The third-order valence-corrected chi connectivity index (χ3v) is 11.5. The number of aliphatic hydroxyl groups is 2. The van der Waals surface area contributed by atoms with Gasteiger partial charge in [-0.25, -0.2) is 9.18 Å². The summed E-state index contributed by atoms with van der Waals surface area (Å²) in [6.45, 7) is 4.62. The van der Waals surface area contributed by atoms with Crippen LogP contribution in [0.1, 0.15) is 72.1 Å². The standard InChI is InChI=1S/C30H40FNO6/c1-16-12-22-21-9-8-19-13-20(34)10-11-27(19,2)29(21,31)23(35)14-28(22,3)30(16,24(36)15-33)38-26(37)32-25(17-4-5-17)18-6-7-18/h10-11,13,16-18,21-23,25,33,35H,4-9,12,14-15H2,1-3H3,(H,32,37)/t16-,21?,22?,23-,27-,28-,29?,30+/m0/s1. The van der Waals surface area contributed by atoms with Crippen LogP contribution in [0.3, 0.4) is 0 Å². The number of aliphatic hydroxyl groups excluding tert-OH is 2. The number of hydrogen-bond donors (Lipinski definition) is 3. The van der Waals surface area contributed by atoms with E-state index >= 15 is 4.39 Å². The minimum Gasteiger partial charge on any atom is -0.434 e. The van der Waals surface area contributed by atoms with Gasteiger partial charge in [0.05, 0.1) is 6.10 Å². The maximum Gasteiger partial charge on any atom is 0.408 e. The van der Waals surface area contributed by atoms with Crippen LogP contribution >= 0.6 is 0 Å². The minimum absolute atomic E-state index is 0.0313. The zero-order valence-corrected chi connectivity index (χ0v) is 22.5. The highest BCUT2D eigenvalue weighted by atomic mass is 19.1. The van der Waals surface area contributed by atoms with Gasteiger partial charge in [-0.3, -0.25) is 9.59 Å². The van der Waals surface area contributed by atoms with Crippen LogP contribution in [0.15, 0.2) is 23.8 Å². The number of carbonyl (C=O) groups excluding carboxylic acids is 3. The molecule has 8 heteroatoms. The summed E-state index contributed by atoms with van der Waals surface area (Å²) >= 11 is 0. The molecule has 0 aromatic carbocycles. The van der Waals surface area contributed by atoms with Gasteiger partial charge in [0.25, 0.3) is 0 Å². The number of alkyl halides is 1. The maximum absolute atomic E-state index is 17.4. The Labute approximate surface area is 223 Å². The number of allylic oxidation sites excluding steroid dienone is 4. The van der Waals surface area contributed by atoms with Gasteiger partial charge in [-0.2, -0.15) is 0 Å². The third-order valence-electron chi connectivity index (χ3n) is 11.5. The van der Waals surface area contributed by atoms with Crippen LogP contribution in [-0.4, -0.2) is 57.9 Å². The first-order valence-electron chi connectivity index (χ1n) is 14.4. The summed E-state index contributed by atoms with van der Waals surface area (Å²) in [6.07, 6.45) is 7.94. The molecule has 38 heavy (non-hydrogen) atoms. The summed E-state index contributed by atoms with van der Waals surface area (Å²) in [7, 11) is 0. The van der Waals surface area contributed by atoms with Gasteiger partial charge in [0.15, 0.2) is 17.1 Å². The number of alkyl carbamates (subject to hydrolysis) is 1. The van der Waals surface area contributed by atoms with Crippen LogP contribution in [0, 0.1) is 40.4 Å². The lowest BCUT2D eigenvalue weighted by Gasteiger charge is -2.62. The number of hydrogen-bond acceptors (Lipinski definition) is 6. The topological polar surface area (TPSA) is 113 Å². The first-order chi connectivity index (χ1) is 17.9. The van der Waals surface area contributed by atoms with Crippen LogP contribution < -0.4 is 5.32 Å². The fourth-order valence-corrected chi connectivity index (χ4v) is 9.36. The molecule has 0 bridgehead atoms. The number of rotatable bonds is 6. The number of ether oxygens (including phenoxy) is 1. The Kier molecular flexibility index (Phi) is 5.83. The highest BCUT2D eigenvalue weighted by molar-refractivity contribution is 6.01. The number of nitrogens with one attached hydrogen (secondary N) is 1. The Hall–Kier alpha value is -2.06. The van der Waals surface area contributed by atoms with E-state index in [4.69, 9.17) is 4.74 Å². The van der Waals surface area contributed by atoms with Crippen molar-refractivity contribution in [1.29, 1.82) is 0 Å². The Morgan fingerprint density at radius 2 is 1.82 bits per heavy atom. The Morgan fingerprint density at radius 1 is 1.16 bits per heavy atom. The summed E-state index contributed by atoms with van der Waals surface area (Å²) in [4.78, 5) is 39.1. The van der Waals surface area contributed by atoms with Crippen molar-refractivity contribution in [1.82, 2.24) is 5.32 Å². The molecule has 6 aliphatic rings. The predicted octanol–water partition coefficient (Wildman–Crippen LogP) is 3.82. The molecule has 6 aliphatic carbocycles. The van der Waals surface area contributed by atoms with E-state index in [0.717, 1.165) is 25.7 Å². The van der Waals surface area contributed by atoms with Crippen molar-refractivity contribution >= 4 is 17.7 Å². The highest BCUT2D eigenvalue weighted by Gasteiger charge is 2.77. The number of halogens is 1. The summed E-state index contributed by atoms with van der Waals surface area (Å²) < 4.78 is 23.6. The Bertz CT molecular complexity index is 1120. The van der Waals surface area contributed by atoms with Crippen molar-refractivity contribution in [3.8, 4) is 0 Å². The molecule has 0 aromatic rings. The first kappa shape index (κ1) is 26.2. The number of fused-ring (bicyclic) bond motifs is 5. The van der Waals surface area contributed by atoms with E-state index in [1.54, 1.807) is 13.0 Å². The fraction of sp³-hybridized carbons (Fsp3) is 0.767. The monoisotopic (exact) mass is 529 g/mol. The number of carbonyl (C=O) groups is 3. The molecule has 7 nitrogen and oxygen atoms in total. The molecule has 0 aromatic heterocycles. The molecule has 5 fully saturated rings. The van der Waals surface area contributed by atoms with E-state index in [-0.39, 0.29) is 24.2 Å². The van der Waals surface area contributed by atoms with Crippen LogP contribution in [0.4, 0.5) is 9.18 Å². The van der Waals surface area contributed by atoms with E-state index in [0.29, 0.717) is 36.7 Å². The second-order valence-corrected chi connectivity index (χ2v) is 13.5. The first-order valence-corrected chi connectivity index (χ1v) is 14.4. The molecule has 208 valence electrons. The highest BCUT2D eigenvalue weighted by Crippen LogP contribution is 2.71. The lowest BCUT2D eigenvalue weighted by molar-refractivity contribution is -0.219. The number of amides is 1. The minimum atomic E-state index is -2.04. The second-order valence-electron chi connectivity index (χ2n) is 13.5. The summed E-state index contributed by atoms with van der Waals surface area (Å²) in [6, 6.07) is 0.0313. The Morgan fingerprint density at radius 3 is 2.42 bits per heavy atom. The van der Waals surface area contributed by atoms with Crippen molar-refractivity contribution in [2.24, 2.45) is 40.4 Å². The quantitative estimate of drug-likeness (QED) is 0.482. The summed E-state index contributed by atoms with van der Waals surface area (Å²) in [5, 5.41) is 24.8. The molecule has 0 heterocycles. The largest absolute Gasteiger partial charge is 0.434 e. The van der Waals surface area contributed by atoms with Gasteiger partial charge in [-0.1, -0.05) is 25.5 Å².